The summed E-state index contributed by atoms with van der Waals surface area (Å²) in [6.07, 6.45) is 4.15. The number of hydrogen-bond acceptors (Lipinski definition) is 10. The maximum absolute atomic E-state index is 14.7. The van der Waals surface area contributed by atoms with Gasteiger partial charge in [0.25, 0.3) is 0 Å². The normalized spacial score (nSPS) is 37.6. The van der Waals surface area contributed by atoms with E-state index in [1.165, 1.54) is 18.1 Å². The van der Waals surface area contributed by atoms with Gasteiger partial charge in [-0.1, -0.05) is 6.92 Å². The van der Waals surface area contributed by atoms with Gasteiger partial charge in [-0.15, -0.1) is 0 Å². The molecule has 1 N–H and O–H groups in total. The van der Waals surface area contributed by atoms with E-state index in [0.29, 0.717) is 18.3 Å². The van der Waals surface area contributed by atoms with Gasteiger partial charge in [0.1, 0.15) is 23.9 Å². The molecule has 7 rings (SSSR count). The van der Waals surface area contributed by atoms with Crippen LogP contribution in [0.4, 0.5) is 13.2 Å². The highest BCUT2D eigenvalue weighted by atomic mass is 32.2. The van der Waals surface area contributed by atoms with Crippen LogP contribution in [0.5, 0.6) is 0 Å². The number of carbonyl (C=O) groups is 4. The second-order valence-electron chi connectivity index (χ2n) is 18.4. The fraction of sp³-hybridized carbons (Fsp3) is 0.892. The van der Waals surface area contributed by atoms with E-state index in [2.05, 4.69) is 0 Å². The topological polar surface area (TPSA) is 151 Å². The van der Waals surface area contributed by atoms with Crippen LogP contribution in [0.3, 0.4) is 0 Å². The smallest absolute Gasteiger partial charge is 0.461 e. The van der Waals surface area contributed by atoms with Crippen molar-refractivity contribution in [2.24, 2.45) is 57.7 Å². The molecule has 8 unspecified atom stereocenters. The molecule has 7 aliphatic rings. The third kappa shape index (κ3) is 6.87. The molecule has 0 spiro atoms. The van der Waals surface area contributed by atoms with Crippen molar-refractivity contribution in [1.82, 2.24) is 4.72 Å². The molecule has 1 saturated heterocycles. The molecule has 0 aromatic rings. The summed E-state index contributed by atoms with van der Waals surface area (Å²) in [7, 11) is -5.65. The largest absolute Gasteiger partial charge is 0.511 e. The molecule has 1 heterocycles. The lowest BCUT2D eigenvalue weighted by Crippen LogP contribution is -2.59. The Morgan fingerprint density at radius 3 is 2.06 bits per heavy atom. The standard InChI is InChI=1S/C37H54F3NO10S/c1-8-34(5,31(44)48-19(2)16-41-52(46,47)37(38,39)40)18-35(6,32(45)51-36(7)23-10-20-9-21(12-23)13-24(36)11-20)17-33(3,4)30(43)50-27-22-14-25-26(15-22)29(42)49-28(25)27/h19-28,41H,8-18H2,1-7H3. The maximum Gasteiger partial charge on any atom is 0.511 e. The third-order valence-electron chi connectivity index (χ3n) is 13.8. The van der Waals surface area contributed by atoms with Gasteiger partial charge >= 0.3 is 39.4 Å². The highest BCUT2D eigenvalue weighted by Gasteiger charge is 2.64. The number of rotatable bonds is 14. The van der Waals surface area contributed by atoms with Crippen molar-refractivity contribution < 1.29 is 59.7 Å². The van der Waals surface area contributed by atoms with Gasteiger partial charge in [-0.25, -0.2) is 13.1 Å². The van der Waals surface area contributed by atoms with Crippen LogP contribution in [0.1, 0.15) is 113 Å². The van der Waals surface area contributed by atoms with E-state index in [1.54, 1.807) is 34.6 Å². The number of esters is 4. The summed E-state index contributed by atoms with van der Waals surface area (Å²) in [5, 5.41) is 0. The molecule has 6 saturated carbocycles. The molecule has 11 nitrogen and oxygen atoms in total. The molecule has 6 bridgehead atoms. The predicted octanol–water partition coefficient (Wildman–Crippen LogP) is 5.84. The SMILES string of the molecule is CCC(C)(CC(C)(CC(C)(C)C(=O)OC1C2CC3C(=O)OC1C3C2)C(=O)OC1(C)C2CC3CC(C2)CC1C3)C(=O)OC(C)CNS(=O)(=O)C(F)(F)F. The zero-order chi connectivity index (χ0) is 38.4. The molecule has 7 fully saturated rings. The van der Waals surface area contributed by atoms with Gasteiger partial charge < -0.3 is 18.9 Å². The Bertz CT molecular complexity index is 1550. The molecule has 0 amide bonds. The minimum atomic E-state index is -5.65. The van der Waals surface area contributed by atoms with E-state index in [0.717, 1.165) is 32.1 Å². The first-order valence-corrected chi connectivity index (χ1v) is 20.3. The number of fused-ring (bicyclic) bond motifs is 1. The Morgan fingerprint density at radius 1 is 0.904 bits per heavy atom. The summed E-state index contributed by atoms with van der Waals surface area (Å²) in [5.41, 5.74) is -10.3. The fourth-order valence-electron chi connectivity index (χ4n) is 11.1. The van der Waals surface area contributed by atoms with E-state index in [1.807, 2.05) is 6.92 Å². The number of carbonyl (C=O) groups excluding carboxylic acids is 4. The summed E-state index contributed by atoms with van der Waals surface area (Å²) in [6.45, 7) is 10.8. The lowest BCUT2D eigenvalue weighted by Gasteiger charge is -2.59. The van der Waals surface area contributed by atoms with Gasteiger partial charge in [0.15, 0.2) is 0 Å². The van der Waals surface area contributed by atoms with Crippen LogP contribution in [0.2, 0.25) is 0 Å². The second-order valence-corrected chi connectivity index (χ2v) is 20.1. The van der Waals surface area contributed by atoms with Crippen molar-refractivity contribution in [3.8, 4) is 0 Å². The average Bonchev–Trinajstić information content (AvgIpc) is 3.67. The van der Waals surface area contributed by atoms with Crippen LogP contribution in [-0.2, 0) is 48.1 Å². The molecule has 1 aliphatic heterocycles. The van der Waals surface area contributed by atoms with E-state index in [4.69, 9.17) is 18.9 Å². The zero-order valence-corrected chi connectivity index (χ0v) is 32.0. The van der Waals surface area contributed by atoms with E-state index in [-0.39, 0.29) is 54.8 Å². The summed E-state index contributed by atoms with van der Waals surface area (Å²) in [5.74, 6) is -0.639. The number of nitrogens with one attached hydrogen (secondary N) is 1. The summed E-state index contributed by atoms with van der Waals surface area (Å²) in [4.78, 5) is 54.9. The van der Waals surface area contributed by atoms with Crippen molar-refractivity contribution in [1.29, 1.82) is 0 Å². The minimum Gasteiger partial charge on any atom is -0.461 e. The van der Waals surface area contributed by atoms with Gasteiger partial charge in [-0.05, 0) is 129 Å². The molecule has 52 heavy (non-hydrogen) atoms. The first-order chi connectivity index (χ1) is 23.9. The van der Waals surface area contributed by atoms with Crippen LogP contribution >= 0.6 is 0 Å². The Balaban J connectivity index is 1.22. The Morgan fingerprint density at radius 2 is 1.50 bits per heavy atom. The minimum absolute atomic E-state index is 0.0140. The van der Waals surface area contributed by atoms with E-state index >= 15 is 0 Å². The van der Waals surface area contributed by atoms with Crippen LogP contribution < -0.4 is 4.72 Å². The van der Waals surface area contributed by atoms with Crippen molar-refractivity contribution in [3.05, 3.63) is 0 Å². The van der Waals surface area contributed by atoms with Crippen molar-refractivity contribution >= 4 is 33.9 Å². The van der Waals surface area contributed by atoms with Crippen molar-refractivity contribution in [3.63, 3.8) is 0 Å². The quantitative estimate of drug-likeness (QED) is 0.169. The summed E-state index contributed by atoms with van der Waals surface area (Å²) in [6, 6.07) is 0. The molecule has 294 valence electrons. The van der Waals surface area contributed by atoms with Crippen LogP contribution in [0, 0.1) is 57.7 Å². The molecule has 8 atom stereocenters. The molecule has 15 heteroatoms. The maximum atomic E-state index is 14.7. The molecule has 0 radical (unpaired) electrons. The molecule has 0 aromatic heterocycles. The third-order valence-corrected chi connectivity index (χ3v) is 15.0. The van der Waals surface area contributed by atoms with E-state index < -0.39 is 80.1 Å². The fourth-order valence-corrected chi connectivity index (χ4v) is 11.7. The highest BCUT2D eigenvalue weighted by molar-refractivity contribution is 7.90. The molecular formula is C37H54F3NO10S. The summed E-state index contributed by atoms with van der Waals surface area (Å²) < 4.78 is 87.0. The zero-order valence-electron chi connectivity index (χ0n) is 31.2. The monoisotopic (exact) mass is 761 g/mol. The number of ether oxygens (including phenoxy) is 4. The second kappa shape index (κ2) is 13.1. The van der Waals surface area contributed by atoms with Gasteiger partial charge in [-0.3, -0.25) is 19.2 Å². The van der Waals surface area contributed by atoms with Gasteiger partial charge in [0.05, 0.1) is 22.2 Å². The first-order valence-electron chi connectivity index (χ1n) is 18.8. The lowest BCUT2D eigenvalue weighted by atomic mass is 9.50. The van der Waals surface area contributed by atoms with Gasteiger partial charge in [-0.2, -0.15) is 13.2 Å². The van der Waals surface area contributed by atoms with Crippen LogP contribution in [-0.4, -0.2) is 68.3 Å². The number of sulfonamides is 1. The highest BCUT2D eigenvalue weighted by Crippen LogP contribution is 2.61. The van der Waals surface area contributed by atoms with E-state index in [9.17, 15) is 40.8 Å². The van der Waals surface area contributed by atoms with Crippen LogP contribution in [0.15, 0.2) is 0 Å². The van der Waals surface area contributed by atoms with Crippen molar-refractivity contribution in [2.45, 2.75) is 142 Å². The first kappa shape index (κ1) is 39.3. The van der Waals surface area contributed by atoms with Crippen molar-refractivity contribution in [2.75, 3.05) is 6.54 Å². The Labute approximate surface area is 304 Å². The van der Waals surface area contributed by atoms with Crippen LogP contribution in [0.25, 0.3) is 0 Å². The Kier molecular flexibility index (Phi) is 9.91. The predicted molar refractivity (Wildman–Crippen MR) is 179 cm³/mol. The number of hydrogen-bond donors (Lipinski definition) is 1. The lowest BCUT2D eigenvalue weighted by molar-refractivity contribution is -0.215. The van der Waals surface area contributed by atoms with Gasteiger partial charge in [0.2, 0.25) is 0 Å². The number of alkyl halides is 3. The summed E-state index contributed by atoms with van der Waals surface area (Å²) >= 11 is 0. The average molecular weight is 762 g/mol. The number of halogens is 3. The molecule has 0 aromatic carbocycles. The molecular weight excluding hydrogens is 707 g/mol. The van der Waals surface area contributed by atoms with Gasteiger partial charge in [0, 0.05) is 18.4 Å². The molecule has 6 aliphatic carbocycles. The Hall–Kier alpha value is -2.42.